The largest absolute Gasteiger partial charge is 0.490 e. The Bertz CT molecular complexity index is 618. The van der Waals surface area contributed by atoms with Crippen molar-refractivity contribution in [2.75, 3.05) is 0 Å². The van der Waals surface area contributed by atoms with Crippen LogP contribution in [0.4, 0.5) is 0 Å². The summed E-state index contributed by atoms with van der Waals surface area (Å²) in [7, 11) is 0. The quantitative estimate of drug-likeness (QED) is 0.909. The second-order valence-corrected chi connectivity index (χ2v) is 6.77. The molecule has 4 nitrogen and oxygen atoms in total. The van der Waals surface area contributed by atoms with Gasteiger partial charge in [-0.15, -0.1) is 0 Å². The minimum atomic E-state index is -0.737. The molecule has 1 fully saturated rings. The van der Waals surface area contributed by atoms with E-state index >= 15 is 0 Å². The molecule has 1 aliphatic carbocycles. The average molecular weight is 288 g/mol. The molecule has 0 radical (unpaired) electrons. The highest BCUT2D eigenvalue weighted by molar-refractivity contribution is 5.88. The fourth-order valence-corrected chi connectivity index (χ4v) is 3.93. The maximum atomic E-state index is 11.8. The Hall–Kier alpha value is -1.71. The number of carboxylic acids is 1. The summed E-state index contributed by atoms with van der Waals surface area (Å²) in [5.41, 5.74) is 3.54. The van der Waals surface area contributed by atoms with Crippen LogP contribution in [0.5, 0.6) is 11.5 Å². The first-order valence-electron chi connectivity index (χ1n) is 7.69. The number of fused-ring (bicyclic) bond motifs is 2. The molecule has 1 N–H and O–H groups in total. The summed E-state index contributed by atoms with van der Waals surface area (Å²) in [4.78, 5) is 11.8. The number of ether oxygens (including phenoxy) is 2. The lowest BCUT2D eigenvalue weighted by molar-refractivity contribution is -0.140. The van der Waals surface area contributed by atoms with Crippen molar-refractivity contribution in [2.45, 2.75) is 64.1 Å². The maximum absolute atomic E-state index is 11.8. The molecule has 0 amide bonds. The SMILES string of the molecule is Cc1c2c(c(C3(C(=O)O)CC3)c3c1OC(C)C3)OC(C)C2. The molecular formula is C17H20O4. The molecule has 0 spiro atoms. The van der Waals surface area contributed by atoms with Gasteiger partial charge in [-0.05, 0) is 39.2 Å². The predicted octanol–water partition coefficient (Wildman–Crippen LogP) is 2.76. The van der Waals surface area contributed by atoms with E-state index < -0.39 is 11.4 Å². The summed E-state index contributed by atoms with van der Waals surface area (Å²) < 4.78 is 12.0. The molecular weight excluding hydrogens is 268 g/mol. The third-order valence-corrected chi connectivity index (χ3v) is 5.13. The van der Waals surface area contributed by atoms with Gasteiger partial charge in [0.15, 0.2) is 0 Å². The zero-order chi connectivity index (χ0) is 14.9. The van der Waals surface area contributed by atoms with Crippen molar-refractivity contribution in [3.05, 3.63) is 22.3 Å². The Morgan fingerprint density at radius 3 is 2.24 bits per heavy atom. The molecule has 4 heteroatoms. The summed E-state index contributed by atoms with van der Waals surface area (Å²) in [6.45, 7) is 6.15. The Labute approximate surface area is 124 Å². The van der Waals surface area contributed by atoms with Crippen molar-refractivity contribution in [3.63, 3.8) is 0 Å². The average Bonchev–Trinajstić information content (AvgIpc) is 2.98. The summed E-state index contributed by atoms with van der Waals surface area (Å²) in [6.07, 6.45) is 3.26. The van der Waals surface area contributed by atoms with E-state index in [2.05, 4.69) is 6.92 Å². The van der Waals surface area contributed by atoms with Crippen LogP contribution in [0.2, 0.25) is 0 Å². The Morgan fingerprint density at radius 2 is 1.67 bits per heavy atom. The third-order valence-electron chi connectivity index (χ3n) is 5.13. The van der Waals surface area contributed by atoms with Gasteiger partial charge >= 0.3 is 5.97 Å². The first-order chi connectivity index (χ1) is 9.94. The fourth-order valence-electron chi connectivity index (χ4n) is 3.93. The van der Waals surface area contributed by atoms with E-state index in [1.807, 2.05) is 13.8 Å². The van der Waals surface area contributed by atoms with Crippen LogP contribution in [-0.2, 0) is 23.1 Å². The van der Waals surface area contributed by atoms with Gasteiger partial charge < -0.3 is 14.6 Å². The maximum Gasteiger partial charge on any atom is 0.314 e. The van der Waals surface area contributed by atoms with Gasteiger partial charge in [0.25, 0.3) is 0 Å². The number of rotatable bonds is 2. The smallest absolute Gasteiger partial charge is 0.314 e. The number of hydrogen-bond acceptors (Lipinski definition) is 3. The fraction of sp³-hybridized carbons (Fsp3) is 0.588. The molecule has 1 saturated carbocycles. The molecule has 1 aromatic carbocycles. The van der Waals surface area contributed by atoms with Gasteiger partial charge in [0.05, 0.1) is 5.41 Å². The van der Waals surface area contributed by atoms with Crippen LogP contribution in [0.1, 0.15) is 48.9 Å². The van der Waals surface area contributed by atoms with E-state index in [9.17, 15) is 9.90 Å². The second-order valence-electron chi connectivity index (χ2n) is 6.77. The van der Waals surface area contributed by atoms with E-state index in [1.165, 1.54) is 0 Å². The van der Waals surface area contributed by atoms with Crippen LogP contribution in [0.25, 0.3) is 0 Å². The minimum Gasteiger partial charge on any atom is -0.490 e. The van der Waals surface area contributed by atoms with Gasteiger partial charge in [-0.2, -0.15) is 0 Å². The predicted molar refractivity (Wildman–Crippen MR) is 77.3 cm³/mol. The van der Waals surface area contributed by atoms with Crippen molar-refractivity contribution in [2.24, 2.45) is 0 Å². The van der Waals surface area contributed by atoms with Crippen molar-refractivity contribution in [1.29, 1.82) is 0 Å². The lowest BCUT2D eigenvalue weighted by Crippen LogP contribution is -2.22. The number of carboxylic acid groups (broad SMARTS) is 1. The highest BCUT2D eigenvalue weighted by Crippen LogP contribution is 2.58. The van der Waals surface area contributed by atoms with Gasteiger partial charge in [0, 0.05) is 29.5 Å². The number of carbonyl (C=O) groups is 1. The van der Waals surface area contributed by atoms with Crippen molar-refractivity contribution in [1.82, 2.24) is 0 Å². The minimum absolute atomic E-state index is 0.113. The highest BCUT2D eigenvalue weighted by Gasteiger charge is 2.56. The zero-order valence-corrected chi connectivity index (χ0v) is 12.7. The van der Waals surface area contributed by atoms with Gasteiger partial charge in [0.1, 0.15) is 23.7 Å². The molecule has 2 heterocycles. The molecule has 0 saturated heterocycles. The number of aliphatic carboxylic acids is 1. The lowest BCUT2D eigenvalue weighted by atomic mass is 9.85. The first-order valence-corrected chi connectivity index (χ1v) is 7.69. The highest BCUT2D eigenvalue weighted by atomic mass is 16.5. The van der Waals surface area contributed by atoms with E-state index in [0.717, 1.165) is 46.6 Å². The van der Waals surface area contributed by atoms with E-state index in [-0.39, 0.29) is 12.2 Å². The van der Waals surface area contributed by atoms with Gasteiger partial charge in [0.2, 0.25) is 0 Å². The molecule has 3 aliphatic rings. The van der Waals surface area contributed by atoms with Gasteiger partial charge in [-0.25, -0.2) is 0 Å². The Morgan fingerprint density at radius 1 is 1.10 bits per heavy atom. The summed E-state index contributed by atoms with van der Waals surface area (Å²) in [5.74, 6) is 1.04. The van der Waals surface area contributed by atoms with Crippen molar-refractivity contribution in [3.8, 4) is 11.5 Å². The number of benzene rings is 1. The van der Waals surface area contributed by atoms with Crippen LogP contribution in [0.15, 0.2) is 0 Å². The number of hydrogen-bond donors (Lipinski definition) is 1. The third kappa shape index (κ3) is 1.59. The first kappa shape index (κ1) is 13.0. The molecule has 112 valence electrons. The molecule has 1 aromatic rings. The molecule has 2 atom stereocenters. The summed E-state index contributed by atoms with van der Waals surface area (Å²) in [5, 5.41) is 9.72. The molecule has 0 bridgehead atoms. The van der Waals surface area contributed by atoms with Gasteiger partial charge in [-0.1, -0.05) is 0 Å². The summed E-state index contributed by atoms with van der Waals surface area (Å²) >= 11 is 0. The zero-order valence-electron chi connectivity index (χ0n) is 12.7. The Kier molecular flexibility index (Phi) is 2.43. The van der Waals surface area contributed by atoms with E-state index in [0.29, 0.717) is 12.8 Å². The van der Waals surface area contributed by atoms with E-state index in [1.54, 1.807) is 0 Å². The molecule has 2 aliphatic heterocycles. The molecule has 21 heavy (non-hydrogen) atoms. The topological polar surface area (TPSA) is 55.8 Å². The van der Waals surface area contributed by atoms with Gasteiger partial charge in [-0.3, -0.25) is 4.79 Å². The monoisotopic (exact) mass is 288 g/mol. The second kappa shape index (κ2) is 3.93. The Balaban J connectivity index is 2.01. The van der Waals surface area contributed by atoms with Crippen LogP contribution in [-0.4, -0.2) is 23.3 Å². The van der Waals surface area contributed by atoms with E-state index in [4.69, 9.17) is 9.47 Å². The van der Waals surface area contributed by atoms with Crippen molar-refractivity contribution >= 4 is 5.97 Å². The molecule has 4 rings (SSSR count). The standard InChI is InChI=1S/C17H20O4/c1-8-6-11-10(3)14-12(7-9(2)20-14)13(15(11)21-8)17(4-5-17)16(18)19/h8-9H,4-7H2,1-3H3,(H,18,19). The van der Waals surface area contributed by atoms with Crippen LogP contribution >= 0.6 is 0 Å². The van der Waals surface area contributed by atoms with Crippen LogP contribution in [0, 0.1) is 6.92 Å². The van der Waals surface area contributed by atoms with Crippen LogP contribution in [0.3, 0.4) is 0 Å². The normalized spacial score (nSPS) is 27.6. The van der Waals surface area contributed by atoms with Crippen LogP contribution < -0.4 is 9.47 Å². The molecule has 2 unspecified atom stereocenters. The van der Waals surface area contributed by atoms with Crippen molar-refractivity contribution < 1.29 is 19.4 Å². The lowest BCUT2D eigenvalue weighted by Gasteiger charge is -2.20. The molecule has 0 aromatic heterocycles. The summed E-state index contributed by atoms with van der Waals surface area (Å²) in [6, 6.07) is 0.